The van der Waals surface area contributed by atoms with Crippen molar-refractivity contribution >= 4 is 5.69 Å². The number of aromatic nitrogens is 1. The van der Waals surface area contributed by atoms with Crippen molar-refractivity contribution in [2.24, 2.45) is 0 Å². The van der Waals surface area contributed by atoms with E-state index in [1.54, 1.807) is 18.3 Å². The molecule has 0 amide bonds. The molecule has 1 aliphatic carbocycles. The monoisotopic (exact) mass is 242 g/mol. The highest BCUT2D eigenvalue weighted by molar-refractivity contribution is 5.52. The Labute approximate surface area is 106 Å². The molecule has 92 valence electrons. The minimum atomic E-state index is -0.234. The van der Waals surface area contributed by atoms with E-state index >= 15 is 0 Å². The predicted molar refractivity (Wildman–Crippen MR) is 69.8 cm³/mol. The molecule has 1 aromatic heterocycles. The molecule has 18 heavy (non-hydrogen) atoms. The van der Waals surface area contributed by atoms with Crippen LogP contribution < -0.4 is 5.73 Å². The Kier molecular flexibility index (Phi) is 2.74. The minimum Gasteiger partial charge on any atom is -0.398 e. The first-order valence-corrected chi connectivity index (χ1v) is 6.24. The number of benzene rings is 1. The fraction of sp³-hybridized carbons (Fsp3) is 0.267. The summed E-state index contributed by atoms with van der Waals surface area (Å²) < 4.78 is 13.4. The number of aryl methyl sites for hydroxylation is 1. The summed E-state index contributed by atoms with van der Waals surface area (Å²) in [6.45, 7) is 0. The highest BCUT2D eigenvalue weighted by Gasteiger charge is 2.24. The lowest BCUT2D eigenvalue weighted by Gasteiger charge is -2.25. The van der Waals surface area contributed by atoms with Crippen molar-refractivity contribution in [2.45, 2.75) is 25.2 Å². The van der Waals surface area contributed by atoms with Gasteiger partial charge in [0.05, 0.1) is 5.69 Å². The molecule has 1 aliphatic rings. The van der Waals surface area contributed by atoms with E-state index in [1.165, 1.54) is 11.6 Å². The summed E-state index contributed by atoms with van der Waals surface area (Å²) in [5.74, 6) is -0.104. The average molecular weight is 242 g/mol. The number of halogens is 1. The third kappa shape index (κ3) is 1.86. The summed E-state index contributed by atoms with van der Waals surface area (Å²) in [5.41, 5.74) is 9.82. The third-order valence-electron chi connectivity index (χ3n) is 3.62. The van der Waals surface area contributed by atoms with E-state index in [0.717, 1.165) is 30.5 Å². The first kappa shape index (κ1) is 11.2. The van der Waals surface area contributed by atoms with Gasteiger partial charge in [-0.25, -0.2) is 4.39 Å². The van der Waals surface area contributed by atoms with Crippen molar-refractivity contribution in [2.75, 3.05) is 5.73 Å². The Balaban J connectivity index is 2.11. The molecule has 0 radical (unpaired) electrons. The van der Waals surface area contributed by atoms with Crippen LogP contribution >= 0.6 is 0 Å². The van der Waals surface area contributed by atoms with Crippen LogP contribution in [0.2, 0.25) is 0 Å². The van der Waals surface area contributed by atoms with Crippen molar-refractivity contribution in [3.8, 4) is 0 Å². The van der Waals surface area contributed by atoms with Gasteiger partial charge in [0.1, 0.15) is 5.82 Å². The van der Waals surface area contributed by atoms with Gasteiger partial charge < -0.3 is 5.73 Å². The topological polar surface area (TPSA) is 38.9 Å². The van der Waals surface area contributed by atoms with Gasteiger partial charge in [-0.1, -0.05) is 6.07 Å². The molecule has 2 nitrogen and oxygen atoms in total. The fourth-order valence-corrected chi connectivity index (χ4v) is 2.76. The number of nitrogens with two attached hydrogens (primary N) is 1. The normalized spacial score (nSPS) is 18.4. The van der Waals surface area contributed by atoms with Crippen LogP contribution in [0.25, 0.3) is 0 Å². The molecule has 2 aromatic rings. The molecule has 1 unspecified atom stereocenters. The van der Waals surface area contributed by atoms with Crippen LogP contribution in [0.4, 0.5) is 10.1 Å². The lowest BCUT2D eigenvalue weighted by atomic mass is 9.81. The van der Waals surface area contributed by atoms with E-state index in [0.29, 0.717) is 5.69 Å². The van der Waals surface area contributed by atoms with E-state index in [-0.39, 0.29) is 11.7 Å². The zero-order valence-electron chi connectivity index (χ0n) is 10.1. The van der Waals surface area contributed by atoms with Gasteiger partial charge >= 0.3 is 0 Å². The Morgan fingerprint density at radius 2 is 2.17 bits per heavy atom. The molecule has 1 heterocycles. The van der Waals surface area contributed by atoms with Gasteiger partial charge in [-0.3, -0.25) is 4.98 Å². The molecule has 0 saturated carbocycles. The summed E-state index contributed by atoms with van der Waals surface area (Å²) in [7, 11) is 0. The summed E-state index contributed by atoms with van der Waals surface area (Å²) >= 11 is 0. The molecule has 3 heteroatoms. The van der Waals surface area contributed by atoms with Gasteiger partial charge in [0.2, 0.25) is 0 Å². The van der Waals surface area contributed by atoms with Gasteiger partial charge in [0.25, 0.3) is 0 Å². The van der Waals surface area contributed by atoms with E-state index < -0.39 is 0 Å². The van der Waals surface area contributed by atoms with E-state index in [1.807, 2.05) is 6.07 Å². The zero-order valence-corrected chi connectivity index (χ0v) is 10.1. The second kappa shape index (κ2) is 4.41. The second-order valence-corrected chi connectivity index (χ2v) is 4.77. The van der Waals surface area contributed by atoms with Crippen LogP contribution in [0.1, 0.15) is 35.6 Å². The standard InChI is InChI=1S/C15H15FN2/c16-11-6-7-14(17)13(9-11)12-5-1-3-10-4-2-8-18-15(10)12/h2,4,6-9,12H,1,3,5,17H2. The molecule has 0 spiro atoms. The quantitative estimate of drug-likeness (QED) is 0.779. The zero-order chi connectivity index (χ0) is 12.5. The lowest BCUT2D eigenvalue weighted by molar-refractivity contribution is 0.588. The van der Waals surface area contributed by atoms with Crippen LogP contribution in [-0.4, -0.2) is 4.98 Å². The van der Waals surface area contributed by atoms with E-state index in [4.69, 9.17) is 5.73 Å². The molecule has 0 bridgehead atoms. The Morgan fingerprint density at radius 1 is 1.28 bits per heavy atom. The maximum Gasteiger partial charge on any atom is 0.123 e. The van der Waals surface area contributed by atoms with Gasteiger partial charge in [-0.05, 0) is 54.7 Å². The maximum absolute atomic E-state index is 13.4. The van der Waals surface area contributed by atoms with Gasteiger partial charge in [0.15, 0.2) is 0 Å². The van der Waals surface area contributed by atoms with E-state index in [2.05, 4.69) is 11.1 Å². The molecule has 2 N–H and O–H groups in total. The number of pyridine rings is 1. The second-order valence-electron chi connectivity index (χ2n) is 4.77. The van der Waals surface area contributed by atoms with Crippen LogP contribution in [0.15, 0.2) is 36.5 Å². The first-order valence-electron chi connectivity index (χ1n) is 6.24. The van der Waals surface area contributed by atoms with Crippen LogP contribution in [-0.2, 0) is 6.42 Å². The number of rotatable bonds is 1. The largest absolute Gasteiger partial charge is 0.398 e. The van der Waals surface area contributed by atoms with Crippen LogP contribution in [0.5, 0.6) is 0 Å². The minimum absolute atomic E-state index is 0.130. The maximum atomic E-state index is 13.4. The smallest absolute Gasteiger partial charge is 0.123 e. The first-order chi connectivity index (χ1) is 8.75. The van der Waals surface area contributed by atoms with Gasteiger partial charge in [0, 0.05) is 17.8 Å². The predicted octanol–water partition coefficient (Wildman–Crippen LogP) is 3.27. The Bertz CT molecular complexity index is 580. The molecule has 3 rings (SSSR count). The summed E-state index contributed by atoms with van der Waals surface area (Å²) in [5, 5.41) is 0. The van der Waals surface area contributed by atoms with Crippen LogP contribution in [0.3, 0.4) is 0 Å². The lowest BCUT2D eigenvalue weighted by Crippen LogP contribution is -2.14. The highest BCUT2D eigenvalue weighted by Crippen LogP contribution is 2.37. The van der Waals surface area contributed by atoms with E-state index in [9.17, 15) is 4.39 Å². The number of nitrogen functional groups attached to an aromatic ring is 1. The number of fused-ring (bicyclic) bond motifs is 1. The van der Waals surface area contributed by atoms with Crippen molar-refractivity contribution in [3.63, 3.8) is 0 Å². The van der Waals surface area contributed by atoms with Gasteiger partial charge in [-0.15, -0.1) is 0 Å². The van der Waals surface area contributed by atoms with Crippen molar-refractivity contribution in [1.82, 2.24) is 4.98 Å². The van der Waals surface area contributed by atoms with Gasteiger partial charge in [-0.2, -0.15) is 0 Å². The van der Waals surface area contributed by atoms with Crippen molar-refractivity contribution in [3.05, 3.63) is 59.2 Å². The molecule has 0 aliphatic heterocycles. The number of hydrogen-bond acceptors (Lipinski definition) is 2. The van der Waals surface area contributed by atoms with Crippen LogP contribution in [0, 0.1) is 5.82 Å². The fourth-order valence-electron chi connectivity index (χ4n) is 2.76. The molecular formula is C15H15FN2. The molecule has 0 fully saturated rings. The molecular weight excluding hydrogens is 227 g/mol. The summed E-state index contributed by atoms with van der Waals surface area (Å²) in [6.07, 6.45) is 4.93. The number of hydrogen-bond donors (Lipinski definition) is 1. The molecule has 0 saturated heterocycles. The Morgan fingerprint density at radius 3 is 3.06 bits per heavy atom. The third-order valence-corrected chi connectivity index (χ3v) is 3.62. The van der Waals surface area contributed by atoms with Crippen molar-refractivity contribution in [1.29, 1.82) is 0 Å². The molecule has 1 atom stereocenters. The molecule has 1 aromatic carbocycles. The summed E-state index contributed by atoms with van der Waals surface area (Å²) in [6, 6.07) is 8.65. The average Bonchev–Trinajstić information content (AvgIpc) is 2.41. The number of anilines is 1. The Hall–Kier alpha value is -1.90. The van der Waals surface area contributed by atoms with Crippen molar-refractivity contribution < 1.29 is 4.39 Å². The number of nitrogens with zero attached hydrogens (tertiary/aromatic N) is 1. The summed E-state index contributed by atoms with van der Waals surface area (Å²) in [4.78, 5) is 4.47. The SMILES string of the molecule is Nc1ccc(F)cc1C1CCCc2cccnc21. The highest BCUT2D eigenvalue weighted by atomic mass is 19.1.